The molecule has 0 aromatic heterocycles. The Balaban J connectivity index is 2.89. The van der Waals surface area contributed by atoms with E-state index in [4.69, 9.17) is 11.6 Å². The first-order valence-corrected chi connectivity index (χ1v) is 2.74. The Bertz CT molecular complexity index is 207. The molecule has 3 nitrogen and oxygen atoms in total. The number of nitrogens with zero attached hydrogens (tertiary/aromatic N) is 2. The normalized spacial score (nSPS) is 16.2. The highest BCUT2D eigenvalue weighted by molar-refractivity contribution is 6.35. The molecule has 0 spiro atoms. The van der Waals surface area contributed by atoms with Gasteiger partial charge in [0.1, 0.15) is 0 Å². The topological polar surface area (TPSA) is 43.5 Å². The SMILES string of the molecule is CC(=O)C1=C(Cl)[N]N=C1. The van der Waals surface area contributed by atoms with Gasteiger partial charge in [-0.2, -0.15) is 5.10 Å². The maximum atomic E-state index is 10.6. The van der Waals surface area contributed by atoms with Gasteiger partial charge >= 0.3 is 0 Å². The van der Waals surface area contributed by atoms with Crippen LogP contribution in [0.3, 0.4) is 0 Å². The van der Waals surface area contributed by atoms with Gasteiger partial charge in [0.05, 0.1) is 11.8 Å². The van der Waals surface area contributed by atoms with Crippen molar-refractivity contribution in [3.63, 3.8) is 0 Å². The van der Waals surface area contributed by atoms with Gasteiger partial charge in [-0.15, -0.1) is 5.43 Å². The minimum atomic E-state index is -0.106. The molecule has 4 heteroatoms. The molecule has 0 aliphatic carbocycles. The van der Waals surface area contributed by atoms with Crippen molar-refractivity contribution < 1.29 is 4.79 Å². The first kappa shape index (κ1) is 6.29. The van der Waals surface area contributed by atoms with E-state index in [1.165, 1.54) is 13.1 Å². The fourth-order valence-electron chi connectivity index (χ4n) is 0.481. The van der Waals surface area contributed by atoms with E-state index in [9.17, 15) is 4.79 Å². The summed E-state index contributed by atoms with van der Waals surface area (Å²) in [5, 5.41) is 3.62. The van der Waals surface area contributed by atoms with Crippen LogP contribution in [0.2, 0.25) is 0 Å². The van der Waals surface area contributed by atoms with Gasteiger partial charge in [-0.05, 0) is 6.92 Å². The fraction of sp³-hybridized carbons (Fsp3) is 0.200. The number of allylic oxidation sites excluding steroid dienone is 1. The average molecular weight is 144 g/mol. The van der Waals surface area contributed by atoms with Crippen molar-refractivity contribution in [2.45, 2.75) is 6.92 Å². The first-order valence-electron chi connectivity index (χ1n) is 2.36. The maximum absolute atomic E-state index is 10.6. The summed E-state index contributed by atoms with van der Waals surface area (Å²) in [6.45, 7) is 1.42. The summed E-state index contributed by atoms with van der Waals surface area (Å²) < 4.78 is 0. The zero-order valence-corrected chi connectivity index (χ0v) is 5.51. The van der Waals surface area contributed by atoms with E-state index in [-0.39, 0.29) is 10.9 Å². The van der Waals surface area contributed by atoms with Crippen molar-refractivity contribution in [1.82, 2.24) is 5.43 Å². The molecule has 0 unspecified atom stereocenters. The van der Waals surface area contributed by atoms with Crippen molar-refractivity contribution in [1.29, 1.82) is 0 Å². The lowest BCUT2D eigenvalue weighted by Gasteiger charge is -1.86. The van der Waals surface area contributed by atoms with E-state index in [2.05, 4.69) is 10.5 Å². The third kappa shape index (κ3) is 1.10. The van der Waals surface area contributed by atoms with Crippen molar-refractivity contribution >= 4 is 23.6 Å². The second-order valence-corrected chi connectivity index (χ2v) is 1.96. The lowest BCUT2D eigenvalue weighted by molar-refractivity contribution is -0.113. The zero-order chi connectivity index (χ0) is 6.85. The minimum Gasteiger partial charge on any atom is -0.294 e. The third-order valence-corrected chi connectivity index (χ3v) is 1.21. The number of carbonyl (C=O) groups is 1. The molecule has 1 aliphatic rings. The largest absolute Gasteiger partial charge is 0.294 e. The average Bonchev–Trinajstić information content (AvgIpc) is 2.13. The van der Waals surface area contributed by atoms with E-state index >= 15 is 0 Å². The Hall–Kier alpha value is -0.830. The molecule has 9 heavy (non-hydrogen) atoms. The van der Waals surface area contributed by atoms with Gasteiger partial charge < -0.3 is 0 Å². The van der Waals surface area contributed by atoms with Crippen molar-refractivity contribution in [2.24, 2.45) is 5.10 Å². The Morgan fingerprint density at radius 2 is 2.44 bits per heavy atom. The fourth-order valence-corrected chi connectivity index (χ4v) is 0.706. The second-order valence-electron chi connectivity index (χ2n) is 1.61. The van der Waals surface area contributed by atoms with Crippen molar-refractivity contribution in [3.05, 3.63) is 10.7 Å². The van der Waals surface area contributed by atoms with Crippen LogP contribution in [0.4, 0.5) is 0 Å². The van der Waals surface area contributed by atoms with Crippen LogP contribution in [-0.4, -0.2) is 12.0 Å². The maximum Gasteiger partial charge on any atom is 0.164 e. The summed E-state index contributed by atoms with van der Waals surface area (Å²) in [6.07, 6.45) is 1.35. The molecule has 0 aromatic carbocycles. The molecule has 0 amide bonds. The molecule has 0 bridgehead atoms. The van der Waals surface area contributed by atoms with Gasteiger partial charge in [0.15, 0.2) is 10.9 Å². The minimum absolute atomic E-state index is 0.106. The van der Waals surface area contributed by atoms with Gasteiger partial charge in [-0.1, -0.05) is 11.6 Å². The molecule has 0 atom stereocenters. The number of Topliss-reactive ketones (excluding diaryl/α,β-unsaturated/α-hetero) is 1. The van der Waals surface area contributed by atoms with Crippen LogP contribution < -0.4 is 5.43 Å². The first-order chi connectivity index (χ1) is 4.22. The number of halogens is 1. The van der Waals surface area contributed by atoms with Gasteiger partial charge in [-0.3, -0.25) is 4.79 Å². The van der Waals surface area contributed by atoms with Crippen molar-refractivity contribution in [3.8, 4) is 0 Å². The van der Waals surface area contributed by atoms with E-state index in [0.717, 1.165) is 0 Å². The summed E-state index contributed by atoms with van der Waals surface area (Å²) >= 11 is 5.44. The highest BCUT2D eigenvalue weighted by Crippen LogP contribution is 2.11. The highest BCUT2D eigenvalue weighted by Gasteiger charge is 2.12. The number of rotatable bonds is 1. The lowest BCUT2D eigenvalue weighted by Crippen LogP contribution is -1.97. The summed E-state index contributed by atoms with van der Waals surface area (Å²) in [6, 6.07) is 0. The molecule has 0 aromatic rings. The summed E-state index contributed by atoms with van der Waals surface area (Å²) in [4.78, 5) is 10.6. The third-order valence-electron chi connectivity index (χ3n) is 0.934. The standard InChI is InChI=1S/C5H4ClN2O/c1-3(9)4-2-7-8-5(4)6/h2H,1H3. The summed E-state index contributed by atoms with van der Waals surface area (Å²) in [5.74, 6) is -0.106. The van der Waals surface area contributed by atoms with Crippen LogP contribution in [0, 0.1) is 0 Å². The van der Waals surface area contributed by atoms with Crippen LogP contribution in [-0.2, 0) is 4.79 Å². The predicted octanol–water partition coefficient (Wildman–Crippen LogP) is 0.630. The Labute approximate surface area is 57.4 Å². The molecule has 1 radical (unpaired) electrons. The summed E-state index contributed by atoms with van der Waals surface area (Å²) in [5.41, 5.74) is 3.82. The monoisotopic (exact) mass is 143 g/mol. The van der Waals surface area contributed by atoms with E-state index in [0.29, 0.717) is 5.57 Å². The molecule has 1 heterocycles. The molecular weight excluding hydrogens is 140 g/mol. The molecule has 0 fully saturated rings. The second kappa shape index (κ2) is 2.19. The van der Waals surface area contributed by atoms with E-state index in [1.54, 1.807) is 0 Å². The molecule has 1 aliphatic heterocycles. The van der Waals surface area contributed by atoms with E-state index in [1.807, 2.05) is 0 Å². The zero-order valence-electron chi connectivity index (χ0n) is 4.76. The smallest absolute Gasteiger partial charge is 0.164 e. The number of ketones is 1. The van der Waals surface area contributed by atoms with Gasteiger partial charge in [0, 0.05) is 0 Å². The van der Waals surface area contributed by atoms with Crippen LogP contribution in [0.5, 0.6) is 0 Å². The number of carbonyl (C=O) groups excluding carboxylic acids is 1. The Morgan fingerprint density at radius 3 is 2.67 bits per heavy atom. The van der Waals surface area contributed by atoms with Crippen LogP contribution in [0.15, 0.2) is 15.8 Å². The molecule has 0 saturated heterocycles. The quantitative estimate of drug-likeness (QED) is 0.497. The van der Waals surface area contributed by atoms with Crippen molar-refractivity contribution in [2.75, 3.05) is 0 Å². The molecule has 0 saturated carbocycles. The van der Waals surface area contributed by atoms with Gasteiger partial charge in [-0.25, -0.2) is 0 Å². The van der Waals surface area contributed by atoms with E-state index < -0.39 is 0 Å². The van der Waals surface area contributed by atoms with Crippen LogP contribution in [0.25, 0.3) is 0 Å². The number of hydrogen-bond donors (Lipinski definition) is 0. The van der Waals surface area contributed by atoms with Gasteiger partial charge in [0.2, 0.25) is 0 Å². The highest BCUT2D eigenvalue weighted by atomic mass is 35.5. The molecule has 0 N–H and O–H groups in total. The molecule has 47 valence electrons. The van der Waals surface area contributed by atoms with Crippen LogP contribution in [0.1, 0.15) is 6.92 Å². The predicted molar refractivity (Wildman–Crippen MR) is 34.2 cm³/mol. The Kier molecular flexibility index (Phi) is 1.53. The van der Waals surface area contributed by atoms with Crippen LogP contribution >= 0.6 is 11.6 Å². The number of hydrogen-bond acceptors (Lipinski definition) is 2. The summed E-state index contributed by atoms with van der Waals surface area (Å²) in [7, 11) is 0. The lowest BCUT2D eigenvalue weighted by atomic mass is 10.2. The molecular formula is C5H4ClN2O. The Morgan fingerprint density at radius 1 is 1.78 bits per heavy atom. The molecule has 1 rings (SSSR count). The van der Waals surface area contributed by atoms with Gasteiger partial charge in [0.25, 0.3) is 0 Å².